The van der Waals surface area contributed by atoms with Gasteiger partial charge in [-0.15, -0.1) is 0 Å². The molecule has 0 radical (unpaired) electrons. The van der Waals surface area contributed by atoms with Gasteiger partial charge in [-0.2, -0.15) is 0 Å². The summed E-state index contributed by atoms with van der Waals surface area (Å²) in [6.45, 7) is 0. The first-order chi connectivity index (χ1) is 9.70. The van der Waals surface area contributed by atoms with Crippen molar-refractivity contribution in [1.82, 2.24) is 5.32 Å². The van der Waals surface area contributed by atoms with Crippen LogP contribution in [0.15, 0.2) is 48.5 Å². The molecular weight excluding hydrogens is 248 g/mol. The molecule has 3 rings (SSSR count). The number of nitrogens with two attached hydrogens (primary N) is 1. The third kappa shape index (κ3) is 2.82. The number of fused-ring (bicyclic) bond motifs is 1. The van der Waals surface area contributed by atoms with Gasteiger partial charge in [-0.05, 0) is 41.7 Å². The van der Waals surface area contributed by atoms with E-state index in [1.807, 2.05) is 24.3 Å². The van der Waals surface area contributed by atoms with Crippen molar-refractivity contribution in [1.29, 1.82) is 0 Å². The van der Waals surface area contributed by atoms with E-state index in [1.54, 1.807) is 0 Å². The first-order valence-corrected chi connectivity index (χ1v) is 6.91. The van der Waals surface area contributed by atoms with Crippen LogP contribution in [0.1, 0.15) is 16.7 Å². The maximum Gasteiger partial charge on any atom is 0.224 e. The van der Waals surface area contributed by atoms with Crippen molar-refractivity contribution in [3.8, 4) is 0 Å². The van der Waals surface area contributed by atoms with Gasteiger partial charge in [0.05, 0.1) is 6.42 Å². The number of carbonyl (C=O) groups is 1. The van der Waals surface area contributed by atoms with Crippen LogP contribution in [0.4, 0.5) is 5.69 Å². The Bertz CT molecular complexity index is 611. The lowest BCUT2D eigenvalue weighted by molar-refractivity contribution is -0.121. The third-order valence-corrected chi connectivity index (χ3v) is 3.73. The third-order valence-electron chi connectivity index (χ3n) is 3.73. The topological polar surface area (TPSA) is 55.1 Å². The van der Waals surface area contributed by atoms with Crippen molar-refractivity contribution < 1.29 is 4.79 Å². The number of benzene rings is 2. The quantitative estimate of drug-likeness (QED) is 0.836. The first-order valence-electron chi connectivity index (χ1n) is 6.91. The van der Waals surface area contributed by atoms with Crippen LogP contribution in [0.2, 0.25) is 0 Å². The van der Waals surface area contributed by atoms with Gasteiger partial charge in [0.2, 0.25) is 5.91 Å². The number of rotatable bonds is 3. The monoisotopic (exact) mass is 266 g/mol. The fraction of sp³-hybridized carbons (Fsp3) is 0.235. The van der Waals surface area contributed by atoms with E-state index in [9.17, 15) is 4.79 Å². The van der Waals surface area contributed by atoms with Gasteiger partial charge in [0, 0.05) is 11.7 Å². The molecule has 0 spiro atoms. The summed E-state index contributed by atoms with van der Waals surface area (Å²) in [6, 6.07) is 16.1. The normalized spacial score (nSPS) is 14.0. The number of amides is 1. The second-order valence-electron chi connectivity index (χ2n) is 5.36. The molecule has 3 N–H and O–H groups in total. The Labute approximate surface area is 118 Å². The molecular formula is C17H18N2O. The average molecular weight is 266 g/mol. The zero-order chi connectivity index (χ0) is 13.9. The number of carbonyl (C=O) groups excluding carboxylic acids is 1. The summed E-state index contributed by atoms with van der Waals surface area (Å²) in [4.78, 5) is 12.1. The predicted octanol–water partition coefficient (Wildman–Crippen LogP) is 2.09. The number of hydrogen-bond acceptors (Lipinski definition) is 2. The van der Waals surface area contributed by atoms with Crippen molar-refractivity contribution in [3.63, 3.8) is 0 Å². The summed E-state index contributed by atoms with van der Waals surface area (Å²) in [5.41, 5.74) is 10.1. The fourth-order valence-corrected chi connectivity index (χ4v) is 2.83. The van der Waals surface area contributed by atoms with Crippen LogP contribution < -0.4 is 11.1 Å². The number of nitrogen functional groups attached to an aromatic ring is 1. The predicted molar refractivity (Wildman–Crippen MR) is 80.3 cm³/mol. The Morgan fingerprint density at radius 1 is 1.10 bits per heavy atom. The summed E-state index contributed by atoms with van der Waals surface area (Å²) in [6.07, 6.45) is 2.25. The highest BCUT2D eigenvalue weighted by atomic mass is 16.1. The lowest BCUT2D eigenvalue weighted by Crippen LogP contribution is -2.36. The molecule has 3 nitrogen and oxygen atoms in total. The summed E-state index contributed by atoms with van der Waals surface area (Å²) >= 11 is 0. The zero-order valence-corrected chi connectivity index (χ0v) is 11.3. The highest BCUT2D eigenvalue weighted by Gasteiger charge is 2.22. The molecule has 0 heterocycles. The van der Waals surface area contributed by atoms with E-state index in [0.29, 0.717) is 12.1 Å². The van der Waals surface area contributed by atoms with Crippen LogP contribution in [0, 0.1) is 0 Å². The molecule has 1 aliphatic carbocycles. The average Bonchev–Trinajstić information content (AvgIpc) is 2.80. The van der Waals surface area contributed by atoms with Crippen LogP contribution in [-0.2, 0) is 24.1 Å². The SMILES string of the molecule is Nc1cccc(CC(=O)NC2Cc3ccccc3C2)c1. The standard InChI is InChI=1S/C17H18N2O/c18-15-7-3-4-12(8-15)9-17(20)19-16-10-13-5-1-2-6-14(13)11-16/h1-8,16H,9-11,18H2,(H,19,20). The van der Waals surface area contributed by atoms with Crippen LogP contribution >= 0.6 is 0 Å². The summed E-state index contributed by atoms with van der Waals surface area (Å²) < 4.78 is 0. The Balaban J connectivity index is 1.58. The van der Waals surface area contributed by atoms with Gasteiger partial charge in [0.25, 0.3) is 0 Å². The van der Waals surface area contributed by atoms with Crippen LogP contribution in [0.25, 0.3) is 0 Å². The van der Waals surface area contributed by atoms with E-state index in [2.05, 4.69) is 29.6 Å². The number of nitrogens with one attached hydrogen (secondary N) is 1. The molecule has 0 unspecified atom stereocenters. The van der Waals surface area contributed by atoms with E-state index in [0.717, 1.165) is 18.4 Å². The Kier molecular flexibility index (Phi) is 3.42. The zero-order valence-electron chi connectivity index (χ0n) is 11.3. The second-order valence-corrected chi connectivity index (χ2v) is 5.36. The summed E-state index contributed by atoms with van der Waals surface area (Å²) in [7, 11) is 0. The highest BCUT2D eigenvalue weighted by molar-refractivity contribution is 5.79. The molecule has 0 saturated heterocycles. The van der Waals surface area contributed by atoms with Crippen molar-refractivity contribution in [2.45, 2.75) is 25.3 Å². The van der Waals surface area contributed by atoms with Crippen molar-refractivity contribution >= 4 is 11.6 Å². The van der Waals surface area contributed by atoms with Gasteiger partial charge in [-0.1, -0.05) is 36.4 Å². The molecule has 0 atom stereocenters. The summed E-state index contributed by atoms with van der Waals surface area (Å²) in [5.74, 6) is 0.0633. The van der Waals surface area contributed by atoms with Crippen molar-refractivity contribution in [2.24, 2.45) is 0 Å². The molecule has 0 aromatic heterocycles. The largest absolute Gasteiger partial charge is 0.399 e. The Morgan fingerprint density at radius 3 is 2.45 bits per heavy atom. The molecule has 1 amide bonds. The summed E-state index contributed by atoms with van der Waals surface area (Å²) in [5, 5.41) is 3.11. The van der Waals surface area contributed by atoms with Gasteiger partial charge in [0.15, 0.2) is 0 Å². The van der Waals surface area contributed by atoms with E-state index >= 15 is 0 Å². The van der Waals surface area contributed by atoms with Gasteiger partial charge in [-0.25, -0.2) is 0 Å². The van der Waals surface area contributed by atoms with Crippen molar-refractivity contribution in [2.75, 3.05) is 5.73 Å². The second kappa shape index (κ2) is 5.37. The molecule has 1 aliphatic rings. The highest BCUT2D eigenvalue weighted by Crippen LogP contribution is 2.21. The fourth-order valence-electron chi connectivity index (χ4n) is 2.83. The smallest absolute Gasteiger partial charge is 0.224 e. The lowest BCUT2D eigenvalue weighted by Gasteiger charge is -2.12. The minimum Gasteiger partial charge on any atom is -0.399 e. The van der Waals surface area contributed by atoms with Crippen LogP contribution in [-0.4, -0.2) is 11.9 Å². The van der Waals surface area contributed by atoms with E-state index in [4.69, 9.17) is 5.73 Å². The maximum atomic E-state index is 12.1. The van der Waals surface area contributed by atoms with Gasteiger partial charge >= 0.3 is 0 Å². The Hall–Kier alpha value is -2.29. The number of anilines is 1. The van der Waals surface area contributed by atoms with Gasteiger partial charge in [0.1, 0.15) is 0 Å². The Morgan fingerprint density at radius 2 is 1.80 bits per heavy atom. The van der Waals surface area contributed by atoms with E-state index < -0.39 is 0 Å². The van der Waals surface area contributed by atoms with Crippen molar-refractivity contribution in [3.05, 3.63) is 65.2 Å². The molecule has 0 aliphatic heterocycles. The molecule has 0 saturated carbocycles. The lowest BCUT2D eigenvalue weighted by atomic mass is 10.1. The van der Waals surface area contributed by atoms with E-state index in [1.165, 1.54) is 11.1 Å². The van der Waals surface area contributed by atoms with Gasteiger partial charge in [-0.3, -0.25) is 4.79 Å². The molecule has 3 heteroatoms. The molecule has 2 aromatic rings. The van der Waals surface area contributed by atoms with Gasteiger partial charge < -0.3 is 11.1 Å². The molecule has 20 heavy (non-hydrogen) atoms. The van der Waals surface area contributed by atoms with E-state index in [-0.39, 0.29) is 11.9 Å². The molecule has 0 fully saturated rings. The minimum absolute atomic E-state index is 0.0633. The van der Waals surface area contributed by atoms with Crippen LogP contribution in [0.5, 0.6) is 0 Å². The first kappa shape index (κ1) is 12.7. The molecule has 0 bridgehead atoms. The maximum absolute atomic E-state index is 12.1. The minimum atomic E-state index is 0.0633. The molecule has 102 valence electrons. The molecule has 2 aromatic carbocycles. The number of hydrogen-bond donors (Lipinski definition) is 2. The van der Waals surface area contributed by atoms with Crippen LogP contribution in [0.3, 0.4) is 0 Å².